The van der Waals surface area contributed by atoms with Crippen molar-refractivity contribution in [3.05, 3.63) is 47.8 Å². The van der Waals surface area contributed by atoms with Crippen LogP contribution in [0, 0.1) is 11.3 Å². The summed E-state index contributed by atoms with van der Waals surface area (Å²) in [5.74, 6) is -0.121. The molecule has 0 unspecified atom stereocenters. The maximum Gasteiger partial charge on any atom is 0.274 e. The first-order valence-corrected chi connectivity index (χ1v) is 6.80. The van der Waals surface area contributed by atoms with Gasteiger partial charge in [-0.05, 0) is 36.8 Å². The molecule has 0 fully saturated rings. The van der Waals surface area contributed by atoms with Crippen LogP contribution < -0.4 is 10.6 Å². The van der Waals surface area contributed by atoms with Crippen molar-refractivity contribution in [1.82, 2.24) is 4.57 Å². The van der Waals surface area contributed by atoms with Crippen molar-refractivity contribution in [1.29, 1.82) is 5.26 Å². The van der Waals surface area contributed by atoms with E-state index < -0.39 is 0 Å². The summed E-state index contributed by atoms with van der Waals surface area (Å²) in [6.45, 7) is 2.80. The van der Waals surface area contributed by atoms with Crippen LogP contribution in [0.25, 0.3) is 0 Å². The first kappa shape index (κ1) is 14.7. The van der Waals surface area contributed by atoms with Gasteiger partial charge in [0.25, 0.3) is 5.91 Å². The average Bonchev–Trinajstić information content (AvgIpc) is 2.87. The van der Waals surface area contributed by atoms with E-state index in [4.69, 9.17) is 11.0 Å². The van der Waals surface area contributed by atoms with Gasteiger partial charge in [0.15, 0.2) is 0 Å². The molecular weight excluding hydrogens is 264 g/mol. The lowest BCUT2D eigenvalue weighted by molar-refractivity contribution is 0.0984. The van der Waals surface area contributed by atoms with Crippen molar-refractivity contribution >= 4 is 17.3 Å². The van der Waals surface area contributed by atoms with Crippen molar-refractivity contribution < 1.29 is 4.79 Å². The van der Waals surface area contributed by atoms with Crippen LogP contribution in [0.3, 0.4) is 0 Å². The number of carbonyl (C=O) groups is 1. The van der Waals surface area contributed by atoms with E-state index >= 15 is 0 Å². The SMILES string of the molecule is CCCn1cc(N)cc1C(=O)N(C)c1ccc(C#N)cc1. The van der Waals surface area contributed by atoms with Gasteiger partial charge in [-0.25, -0.2) is 0 Å². The van der Waals surface area contributed by atoms with Gasteiger partial charge in [0, 0.05) is 25.5 Å². The molecule has 2 rings (SSSR count). The molecule has 0 bridgehead atoms. The predicted molar refractivity (Wildman–Crippen MR) is 83.0 cm³/mol. The highest BCUT2D eigenvalue weighted by Gasteiger charge is 2.18. The number of nitrogens with two attached hydrogens (primary N) is 1. The summed E-state index contributed by atoms with van der Waals surface area (Å²) in [7, 11) is 1.71. The van der Waals surface area contributed by atoms with E-state index in [1.807, 2.05) is 4.57 Å². The smallest absolute Gasteiger partial charge is 0.274 e. The number of aromatic nitrogens is 1. The number of nitrogen functional groups attached to an aromatic ring is 1. The highest BCUT2D eigenvalue weighted by molar-refractivity contribution is 6.05. The molecule has 1 aromatic carbocycles. The molecule has 0 spiro atoms. The van der Waals surface area contributed by atoms with Crippen molar-refractivity contribution in [2.24, 2.45) is 0 Å². The second kappa shape index (κ2) is 6.14. The van der Waals surface area contributed by atoms with Crippen LogP contribution in [0.5, 0.6) is 0 Å². The predicted octanol–water partition coefficient (Wildman–Crippen LogP) is 2.63. The highest BCUT2D eigenvalue weighted by atomic mass is 16.2. The Bertz CT molecular complexity index is 679. The van der Waals surface area contributed by atoms with E-state index in [1.54, 1.807) is 48.5 Å². The Morgan fingerprint density at radius 2 is 2.05 bits per heavy atom. The van der Waals surface area contributed by atoms with Crippen molar-refractivity contribution in [3.8, 4) is 6.07 Å². The molecule has 5 nitrogen and oxygen atoms in total. The summed E-state index contributed by atoms with van der Waals surface area (Å²) in [4.78, 5) is 14.2. The topological polar surface area (TPSA) is 75.0 Å². The summed E-state index contributed by atoms with van der Waals surface area (Å²) in [6, 6.07) is 10.7. The fourth-order valence-electron chi connectivity index (χ4n) is 2.19. The molecule has 0 aliphatic heterocycles. The molecule has 1 amide bonds. The Morgan fingerprint density at radius 1 is 1.38 bits per heavy atom. The Kier molecular flexibility index (Phi) is 4.29. The van der Waals surface area contributed by atoms with Crippen LogP contribution in [0.1, 0.15) is 29.4 Å². The molecule has 0 aliphatic rings. The van der Waals surface area contributed by atoms with E-state index in [-0.39, 0.29) is 5.91 Å². The number of nitrogens with zero attached hydrogens (tertiary/aromatic N) is 3. The van der Waals surface area contributed by atoms with Crippen molar-refractivity contribution in [2.75, 3.05) is 17.7 Å². The number of rotatable bonds is 4. The Balaban J connectivity index is 2.28. The molecule has 1 heterocycles. The lowest BCUT2D eigenvalue weighted by atomic mass is 10.2. The third-order valence-electron chi connectivity index (χ3n) is 3.29. The summed E-state index contributed by atoms with van der Waals surface area (Å²) in [6.07, 6.45) is 2.71. The Hall–Kier alpha value is -2.74. The number of hydrogen-bond donors (Lipinski definition) is 1. The van der Waals surface area contributed by atoms with Crippen LogP contribution in [-0.4, -0.2) is 17.5 Å². The third-order valence-corrected chi connectivity index (χ3v) is 3.29. The quantitative estimate of drug-likeness (QED) is 0.936. The number of anilines is 2. The normalized spacial score (nSPS) is 10.1. The van der Waals surface area contributed by atoms with E-state index in [2.05, 4.69) is 13.0 Å². The standard InChI is InChI=1S/C16H18N4O/c1-3-8-20-11-13(18)9-15(20)16(21)19(2)14-6-4-12(10-17)5-7-14/h4-7,9,11H,3,8,18H2,1-2H3. The molecular formula is C16H18N4O. The zero-order valence-electron chi connectivity index (χ0n) is 12.2. The minimum Gasteiger partial charge on any atom is -0.397 e. The van der Waals surface area contributed by atoms with Gasteiger partial charge in [-0.3, -0.25) is 4.79 Å². The van der Waals surface area contributed by atoms with Crippen LogP contribution in [0.15, 0.2) is 36.5 Å². The summed E-state index contributed by atoms with van der Waals surface area (Å²) >= 11 is 0. The van der Waals surface area contributed by atoms with E-state index in [9.17, 15) is 4.79 Å². The number of aryl methyl sites for hydroxylation is 1. The Morgan fingerprint density at radius 3 is 2.62 bits per heavy atom. The molecule has 0 aliphatic carbocycles. The molecule has 5 heteroatoms. The van der Waals surface area contributed by atoms with Gasteiger partial charge in [-0.2, -0.15) is 5.26 Å². The molecule has 0 saturated heterocycles. The maximum atomic E-state index is 12.6. The van der Waals surface area contributed by atoms with E-state index in [1.165, 1.54) is 0 Å². The van der Waals surface area contributed by atoms with Gasteiger partial charge in [0.2, 0.25) is 0 Å². The van der Waals surface area contributed by atoms with Crippen LogP contribution in [0.2, 0.25) is 0 Å². The lowest BCUT2D eigenvalue weighted by Crippen LogP contribution is -2.28. The van der Waals surface area contributed by atoms with Crippen molar-refractivity contribution in [3.63, 3.8) is 0 Å². The monoisotopic (exact) mass is 282 g/mol. The number of amides is 1. The molecule has 0 atom stereocenters. The van der Waals surface area contributed by atoms with Crippen LogP contribution in [-0.2, 0) is 6.54 Å². The first-order valence-electron chi connectivity index (χ1n) is 6.80. The van der Waals surface area contributed by atoms with E-state index in [0.29, 0.717) is 16.9 Å². The van der Waals surface area contributed by atoms with Gasteiger partial charge in [-0.15, -0.1) is 0 Å². The summed E-state index contributed by atoms with van der Waals surface area (Å²) in [5.41, 5.74) is 8.26. The van der Waals surface area contributed by atoms with Crippen LogP contribution in [0.4, 0.5) is 11.4 Å². The molecule has 108 valence electrons. The van der Waals surface area contributed by atoms with E-state index in [0.717, 1.165) is 18.7 Å². The largest absolute Gasteiger partial charge is 0.397 e. The second-order valence-corrected chi connectivity index (χ2v) is 4.87. The lowest BCUT2D eigenvalue weighted by Gasteiger charge is -2.18. The molecule has 2 N–H and O–H groups in total. The maximum absolute atomic E-state index is 12.6. The molecule has 1 aromatic heterocycles. The average molecular weight is 282 g/mol. The zero-order valence-corrected chi connectivity index (χ0v) is 12.2. The summed E-state index contributed by atoms with van der Waals surface area (Å²) in [5, 5.41) is 8.80. The second-order valence-electron chi connectivity index (χ2n) is 4.87. The Labute approximate surface area is 124 Å². The van der Waals surface area contributed by atoms with Gasteiger partial charge in [0.05, 0.1) is 17.3 Å². The van der Waals surface area contributed by atoms with Gasteiger partial charge >= 0.3 is 0 Å². The number of benzene rings is 1. The molecule has 0 saturated carbocycles. The number of hydrogen-bond acceptors (Lipinski definition) is 3. The summed E-state index contributed by atoms with van der Waals surface area (Å²) < 4.78 is 1.87. The van der Waals surface area contributed by atoms with Crippen LogP contribution >= 0.6 is 0 Å². The molecule has 21 heavy (non-hydrogen) atoms. The van der Waals surface area contributed by atoms with Crippen molar-refractivity contribution in [2.45, 2.75) is 19.9 Å². The van der Waals surface area contributed by atoms with Gasteiger partial charge in [0.1, 0.15) is 5.69 Å². The number of carbonyl (C=O) groups excluding carboxylic acids is 1. The minimum atomic E-state index is -0.121. The fraction of sp³-hybridized carbons (Fsp3) is 0.250. The number of nitriles is 1. The van der Waals surface area contributed by atoms with Gasteiger partial charge < -0.3 is 15.2 Å². The zero-order chi connectivity index (χ0) is 15.4. The highest BCUT2D eigenvalue weighted by Crippen LogP contribution is 2.19. The molecule has 2 aromatic rings. The first-order chi connectivity index (χ1) is 10.1. The molecule has 0 radical (unpaired) electrons. The third kappa shape index (κ3) is 3.06. The van der Waals surface area contributed by atoms with Gasteiger partial charge in [-0.1, -0.05) is 6.92 Å². The minimum absolute atomic E-state index is 0.121. The fourth-order valence-corrected chi connectivity index (χ4v) is 2.19.